The van der Waals surface area contributed by atoms with Gasteiger partial charge in [-0.3, -0.25) is 4.79 Å². The minimum absolute atomic E-state index is 0.0536. The van der Waals surface area contributed by atoms with Crippen LogP contribution < -0.4 is 0 Å². The predicted molar refractivity (Wildman–Crippen MR) is 76.1 cm³/mol. The number of likely N-dealkylation sites (tertiary alicyclic amines) is 1. The van der Waals surface area contributed by atoms with Gasteiger partial charge in [0.05, 0.1) is 19.3 Å². The van der Waals surface area contributed by atoms with Crippen LogP contribution >= 0.6 is 15.9 Å². The van der Waals surface area contributed by atoms with Gasteiger partial charge in [-0.25, -0.2) is 0 Å². The van der Waals surface area contributed by atoms with Crippen LogP contribution in [-0.4, -0.2) is 48.3 Å². The second-order valence-corrected chi connectivity index (χ2v) is 5.51. The summed E-state index contributed by atoms with van der Waals surface area (Å²) in [5.41, 5.74) is 0.720. The largest absolute Gasteiger partial charge is 0.394 e. The van der Waals surface area contributed by atoms with Crippen LogP contribution in [0.5, 0.6) is 0 Å². The molecule has 1 saturated heterocycles. The SMILES string of the molecule is O=C(c1ccc(Br)cc1)N1CCC(OCCO)CC1. The molecular formula is C14H18BrNO3. The lowest BCUT2D eigenvalue weighted by molar-refractivity contribution is -0.00554. The van der Waals surface area contributed by atoms with Crippen molar-refractivity contribution < 1.29 is 14.6 Å². The molecule has 5 heteroatoms. The molecule has 1 N–H and O–H groups in total. The standard InChI is InChI=1S/C14H18BrNO3/c15-12-3-1-11(2-4-12)14(18)16-7-5-13(6-8-16)19-10-9-17/h1-4,13,17H,5-10H2. The van der Waals surface area contributed by atoms with Gasteiger partial charge in [0.25, 0.3) is 5.91 Å². The third-order valence-corrected chi connectivity index (χ3v) is 3.79. The first-order valence-electron chi connectivity index (χ1n) is 6.48. The van der Waals surface area contributed by atoms with Crippen LogP contribution in [-0.2, 0) is 4.74 Å². The molecular weight excluding hydrogens is 310 g/mol. The molecule has 0 radical (unpaired) electrons. The highest BCUT2D eigenvalue weighted by atomic mass is 79.9. The molecule has 0 saturated carbocycles. The van der Waals surface area contributed by atoms with Gasteiger partial charge in [-0.1, -0.05) is 15.9 Å². The van der Waals surface area contributed by atoms with Crippen molar-refractivity contribution in [3.05, 3.63) is 34.3 Å². The van der Waals surface area contributed by atoms with E-state index in [1.54, 1.807) is 0 Å². The molecule has 0 unspecified atom stereocenters. The number of ether oxygens (including phenoxy) is 1. The molecule has 1 fully saturated rings. The number of amides is 1. The number of rotatable bonds is 4. The Hall–Kier alpha value is -0.910. The first-order chi connectivity index (χ1) is 9.20. The zero-order valence-corrected chi connectivity index (χ0v) is 12.3. The summed E-state index contributed by atoms with van der Waals surface area (Å²) in [5, 5.41) is 8.71. The first kappa shape index (κ1) is 14.5. The molecule has 0 atom stereocenters. The Bertz CT molecular complexity index is 413. The van der Waals surface area contributed by atoms with Crippen LogP contribution in [0.1, 0.15) is 23.2 Å². The van der Waals surface area contributed by atoms with Crippen molar-refractivity contribution in [2.24, 2.45) is 0 Å². The van der Waals surface area contributed by atoms with E-state index >= 15 is 0 Å². The van der Waals surface area contributed by atoms with E-state index in [0.717, 1.165) is 22.9 Å². The van der Waals surface area contributed by atoms with Gasteiger partial charge in [0.2, 0.25) is 0 Å². The fourth-order valence-electron chi connectivity index (χ4n) is 2.22. The van der Waals surface area contributed by atoms with Gasteiger partial charge in [0.1, 0.15) is 0 Å². The molecule has 4 nitrogen and oxygen atoms in total. The van der Waals surface area contributed by atoms with Gasteiger partial charge in [0.15, 0.2) is 0 Å². The van der Waals surface area contributed by atoms with Crippen molar-refractivity contribution in [3.8, 4) is 0 Å². The van der Waals surface area contributed by atoms with Crippen molar-refractivity contribution in [3.63, 3.8) is 0 Å². The number of nitrogens with zero attached hydrogens (tertiary/aromatic N) is 1. The van der Waals surface area contributed by atoms with Crippen molar-refractivity contribution in [2.75, 3.05) is 26.3 Å². The molecule has 0 spiro atoms. The summed E-state index contributed by atoms with van der Waals surface area (Å²) in [7, 11) is 0. The predicted octanol–water partition coefficient (Wildman–Crippen LogP) is 2.06. The number of hydrogen-bond donors (Lipinski definition) is 1. The zero-order chi connectivity index (χ0) is 13.7. The van der Waals surface area contributed by atoms with E-state index in [0.29, 0.717) is 19.7 Å². The summed E-state index contributed by atoms with van der Waals surface area (Å²) in [6.07, 6.45) is 1.84. The number of piperidine rings is 1. The van der Waals surface area contributed by atoms with E-state index in [2.05, 4.69) is 15.9 Å². The Labute approximate surface area is 121 Å². The lowest BCUT2D eigenvalue weighted by atomic mass is 10.1. The molecule has 1 amide bonds. The number of aliphatic hydroxyl groups excluding tert-OH is 1. The maximum absolute atomic E-state index is 12.3. The maximum Gasteiger partial charge on any atom is 0.253 e. The quantitative estimate of drug-likeness (QED) is 0.920. The normalized spacial score (nSPS) is 16.6. The minimum Gasteiger partial charge on any atom is -0.394 e. The number of hydrogen-bond acceptors (Lipinski definition) is 3. The molecule has 1 heterocycles. The molecule has 1 aliphatic heterocycles. The lowest BCUT2D eigenvalue weighted by Crippen LogP contribution is -2.41. The second kappa shape index (κ2) is 7.03. The summed E-state index contributed by atoms with van der Waals surface area (Å²) in [6, 6.07) is 7.43. The fraction of sp³-hybridized carbons (Fsp3) is 0.500. The van der Waals surface area contributed by atoms with E-state index in [4.69, 9.17) is 9.84 Å². The Morgan fingerprint density at radius 2 is 1.95 bits per heavy atom. The van der Waals surface area contributed by atoms with E-state index < -0.39 is 0 Å². The summed E-state index contributed by atoms with van der Waals surface area (Å²) >= 11 is 3.36. The molecule has 0 aliphatic carbocycles. The van der Waals surface area contributed by atoms with Crippen LogP contribution in [0.25, 0.3) is 0 Å². The highest BCUT2D eigenvalue weighted by Gasteiger charge is 2.23. The van der Waals surface area contributed by atoms with Gasteiger partial charge in [-0.2, -0.15) is 0 Å². The molecule has 1 aliphatic rings. The number of halogens is 1. The molecule has 0 bridgehead atoms. The maximum atomic E-state index is 12.3. The van der Waals surface area contributed by atoms with Crippen LogP contribution in [0.2, 0.25) is 0 Å². The summed E-state index contributed by atoms with van der Waals surface area (Å²) in [4.78, 5) is 14.1. The van der Waals surface area contributed by atoms with E-state index in [1.807, 2.05) is 29.2 Å². The fourth-order valence-corrected chi connectivity index (χ4v) is 2.48. The van der Waals surface area contributed by atoms with Gasteiger partial charge >= 0.3 is 0 Å². The molecule has 1 aromatic rings. The first-order valence-corrected chi connectivity index (χ1v) is 7.27. The summed E-state index contributed by atoms with van der Waals surface area (Å²) < 4.78 is 6.46. The Kier molecular flexibility index (Phi) is 5.36. The highest BCUT2D eigenvalue weighted by molar-refractivity contribution is 9.10. The Morgan fingerprint density at radius 1 is 1.32 bits per heavy atom. The van der Waals surface area contributed by atoms with Crippen LogP contribution in [0, 0.1) is 0 Å². The summed E-state index contributed by atoms with van der Waals surface area (Å²) in [6.45, 7) is 1.86. The van der Waals surface area contributed by atoms with Gasteiger partial charge in [-0.05, 0) is 37.1 Å². The number of aliphatic hydroxyl groups is 1. The van der Waals surface area contributed by atoms with E-state index in [1.165, 1.54) is 0 Å². The lowest BCUT2D eigenvalue weighted by Gasteiger charge is -2.32. The Balaban J connectivity index is 1.87. The van der Waals surface area contributed by atoms with Crippen molar-refractivity contribution in [2.45, 2.75) is 18.9 Å². The zero-order valence-electron chi connectivity index (χ0n) is 10.7. The second-order valence-electron chi connectivity index (χ2n) is 4.59. The van der Waals surface area contributed by atoms with Crippen molar-refractivity contribution >= 4 is 21.8 Å². The number of benzene rings is 1. The average molecular weight is 328 g/mol. The molecule has 104 valence electrons. The Morgan fingerprint density at radius 3 is 2.53 bits per heavy atom. The van der Waals surface area contributed by atoms with Gasteiger partial charge in [0, 0.05) is 23.1 Å². The van der Waals surface area contributed by atoms with E-state index in [9.17, 15) is 4.79 Å². The number of carbonyl (C=O) groups is 1. The molecule has 2 rings (SSSR count). The van der Waals surface area contributed by atoms with Gasteiger partial charge in [-0.15, -0.1) is 0 Å². The van der Waals surface area contributed by atoms with Crippen molar-refractivity contribution in [1.29, 1.82) is 0 Å². The highest BCUT2D eigenvalue weighted by Crippen LogP contribution is 2.17. The average Bonchev–Trinajstić information content (AvgIpc) is 2.46. The smallest absolute Gasteiger partial charge is 0.253 e. The van der Waals surface area contributed by atoms with Gasteiger partial charge < -0.3 is 14.7 Å². The van der Waals surface area contributed by atoms with Crippen LogP contribution in [0.4, 0.5) is 0 Å². The minimum atomic E-state index is 0.0536. The van der Waals surface area contributed by atoms with Crippen LogP contribution in [0.3, 0.4) is 0 Å². The monoisotopic (exact) mass is 327 g/mol. The molecule has 19 heavy (non-hydrogen) atoms. The summed E-state index contributed by atoms with van der Waals surface area (Å²) in [5.74, 6) is 0.0770. The topological polar surface area (TPSA) is 49.8 Å². The van der Waals surface area contributed by atoms with Crippen molar-refractivity contribution in [1.82, 2.24) is 4.90 Å². The molecule has 0 aromatic heterocycles. The van der Waals surface area contributed by atoms with E-state index in [-0.39, 0.29) is 18.6 Å². The number of carbonyl (C=O) groups excluding carboxylic acids is 1. The molecule has 1 aromatic carbocycles. The van der Waals surface area contributed by atoms with Crippen LogP contribution in [0.15, 0.2) is 28.7 Å². The third kappa shape index (κ3) is 4.03. The third-order valence-electron chi connectivity index (χ3n) is 3.27.